The molecule has 2 aliphatic rings. The second-order valence-corrected chi connectivity index (χ2v) is 10.3. The molecule has 0 saturated carbocycles. The van der Waals surface area contributed by atoms with Crippen LogP contribution in [0.4, 0.5) is 4.79 Å². The molecule has 1 N–H and O–H groups in total. The van der Waals surface area contributed by atoms with Crippen molar-refractivity contribution in [1.29, 1.82) is 0 Å². The van der Waals surface area contributed by atoms with Crippen LogP contribution < -0.4 is 5.32 Å². The molecule has 0 aliphatic carbocycles. The first-order valence-electron chi connectivity index (χ1n) is 10.6. The molecule has 2 aromatic rings. The maximum absolute atomic E-state index is 12.3. The van der Waals surface area contributed by atoms with Gasteiger partial charge in [0.05, 0.1) is 10.2 Å². The minimum atomic E-state index is -0.461. The van der Waals surface area contributed by atoms with E-state index in [9.17, 15) is 4.79 Å². The van der Waals surface area contributed by atoms with Crippen LogP contribution in [0.1, 0.15) is 63.6 Å². The molecule has 156 valence electrons. The molecule has 1 fully saturated rings. The Bertz CT molecular complexity index is 920. The molecule has 3 heterocycles. The Morgan fingerprint density at radius 1 is 1.31 bits per heavy atom. The van der Waals surface area contributed by atoms with Crippen molar-refractivity contribution in [3.63, 3.8) is 0 Å². The van der Waals surface area contributed by atoms with E-state index in [1.54, 1.807) is 16.2 Å². The number of thiazole rings is 1. The average Bonchev–Trinajstić information content (AvgIpc) is 3.11. The average molecular weight is 414 g/mol. The predicted molar refractivity (Wildman–Crippen MR) is 119 cm³/mol. The minimum Gasteiger partial charge on any atom is -0.444 e. The third-order valence-corrected chi connectivity index (χ3v) is 6.72. The van der Waals surface area contributed by atoms with Crippen molar-refractivity contribution in [1.82, 2.24) is 15.2 Å². The molecule has 5 nitrogen and oxygen atoms in total. The van der Waals surface area contributed by atoms with Crippen LogP contribution in [0.5, 0.6) is 0 Å². The Kier molecular flexibility index (Phi) is 5.67. The second-order valence-electron chi connectivity index (χ2n) is 9.30. The van der Waals surface area contributed by atoms with Crippen LogP contribution in [0, 0.1) is 5.92 Å². The quantitative estimate of drug-likeness (QED) is 0.718. The minimum absolute atomic E-state index is 0.240. The van der Waals surface area contributed by atoms with Gasteiger partial charge in [-0.3, -0.25) is 0 Å². The van der Waals surface area contributed by atoms with Gasteiger partial charge in [0.1, 0.15) is 10.6 Å². The Balaban J connectivity index is 1.46. The van der Waals surface area contributed by atoms with E-state index in [4.69, 9.17) is 9.72 Å². The zero-order valence-corrected chi connectivity index (χ0v) is 18.6. The summed E-state index contributed by atoms with van der Waals surface area (Å²) < 4.78 is 6.71. The monoisotopic (exact) mass is 413 g/mol. The van der Waals surface area contributed by atoms with Crippen molar-refractivity contribution in [2.75, 3.05) is 19.6 Å². The molecule has 0 radical (unpaired) electrons. The number of carbonyl (C=O) groups excluding carboxylic acids is 1. The molecule has 4 rings (SSSR count). The van der Waals surface area contributed by atoms with Crippen molar-refractivity contribution >= 4 is 33.2 Å². The second kappa shape index (κ2) is 8.07. The summed E-state index contributed by atoms with van der Waals surface area (Å²) in [6.45, 7) is 10.3. The van der Waals surface area contributed by atoms with Crippen LogP contribution >= 0.6 is 11.3 Å². The van der Waals surface area contributed by atoms with Gasteiger partial charge in [0.25, 0.3) is 0 Å². The zero-order chi connectivity index (χ0) is 20.6. The fourth-order valence-corrected chi connectivity index (χ4v) is 4.95. The van der Waals surface area contributed by atoms with Crippen molar-refractivity contribution in [3.05, 3.63) is 34.8 Å². The molecule has 2 aliphatic heterocycles. The van der Waals surface area contributed by atoms with E-state index in [1.165, 1.54) is 28.7 Å². The molecule has 1 aromatic carbocycles. The molecule has 6 heteroatoms. The smallest absolute Gasteiger partial charge is 0.410 e. The highest BCUT2D eigenvalue weighted by Gasteiger charge is 2.25. The van der Waals surface area contributed by atoms with Crippen molar-refractivity contribution < 1.29 is 9.53 Å². The van der Waals surface area contributed by atoms with Crippen LogP contribution in [0.25, 0.3) is 15.8 Å². The maximum atomic E-state index is 12.3. The van der Waals surface area contributed by atoms with Gasteiger partial charge in [-0.25, -0.2) is 9.78 Å². The van der Waals surface area contributed by atoms with E-state index in [0.29, 0.717) is 19.1 Å². The molecule has 0 bridgehead atoms. The van der Waals surface area contributed by atoms with Crippen molar-refractivity contribution in [2.24, 2.45) is 5.92 Å². The first kappa shape index (κ1) is 20.4. The van der Waals surface area contributed by atoms with Crippen molar-refractivity contribution in [3.8, 4) is 0 Å². The SMILES string of the molecule is C[C@H]1CCC(c2ccc3sc(C4=CCN(C(=O)OC(C)(C)C)CC4)nc3c2)NC1. The van der Waals surface area contributed by atoms with Gasteiger partial charge in [-0.15, -0.1) is 11.3 Å². The van der Waals surface area contributed by atoms with E-state index in [-0.39, 0.29) is 6.09 Å². The van der Waals surface area contributed by atoms with Crippen LogP contribution in [-0.4, -0.2) is 41.2 Å². The fraction of sp³-hybridized carbons (Fsp3) is 0.565. The summed E-state index contributed by atoms with van der Waals surface area (Å²) in [5, 5.41) is 4.74. The Labute approximate surface area is 177 Å². The lowest BCUT2D eigenvalue weighted by atomic mass is 9.92. The number of benzene rings is 1. The van der Waals surface area contributed by atoms with Crippen molar-refractivity contribution in [2.45, 2.75) is 58.6 Å². The first-order valence-corrected chi connectivity index (χ1v) is 11.4. The molecule has 29 heavy (non-hydrogen) atoms. The van der Waals surface area contributed by atoms with Gasteiger partial charge in [-0.2, -0.15) is 0 Å². The van der Waals surface area contributed by atoms with E-state index >= 15 is 0 Å². The zero-order valence-electron chi connectivity index (χ0n) is 17.8. The van der Waals surface area contributed by atoms with Crippen LogP contribution in [0.3, 0.4) is 0 Å². The van der Waals surface area contributed by atoms with Crippen LogP contribution in [0.15, 0.2) is 24.3 Å². The number of carbonyl (C=O) groups is 1. The summed E-state index contributed by atoms with van der Waals surface area (Å²) in [5.41, 5.74) is 3.20. The number of piperidine rings is 1. The van der Waals surface area contributed by atoms with E-state index in [0.717, 1.165) is 29.4 Å². The maximum Gasteiger partial charge on any atom is 0.410 e. The van der Waals surface area contributed by atoms with Gasteiger partial charge in [-0.05, 0) is 75.8 Å². The standard InChI is InChI=1S/C23H31N3O2S/c1-15-5-7-18(24-14-15)17-6-8-20-19(13-17)25-21(29-20)16-9-11-26(12-10-16)22(27)28-23(2,3)4/h6,8-9,13,15,18,24H,5,7,10-12,14H2,1-4H3/t15-,18?/m0/s1. The normalized spacial score (nSPS) is 23.2. The van der Waals surface area contributed by atoms with Gasteiger partial charge in [0.15, 0.2) is 0 Å². The summed E-state index contributed by atoms with van der Waals surface area (Å²) in [6, 6.07) is 7.15. The Hall–Kier alpha value is -1.92. The van der Waals surface area contributed by atoms with Gasteiger partial charge >= 0.3 is 6.09 Å². The summed E-state index contributed by atoms with van der Waals surface area (Å²) in [5.74, 6) is 0.763. The fourth-order valence-electron chi connectivity index (χ4n) is 3.94. The summed E-state index contributed by atoms with van der Waals surface area (Å²) in [6.07, 6.45) is 5.16. The molecule has 1 amide bonds. The van der Waals surface area contributed by atoms with Crippen LogP contribution in [-0.2, 0) is 4.74 Å². The lowest BCUT2D eigenvalue weighted by Crippen LogP contribution is -2.39. The number of hydrogen-bond donors (Lipinski definition) is 1. The molecular weight excluding hydrogens is 382 g/mol. The van der Waals surface area contributed by atoms with Gasteiger partial charge < -0.3 is 15.0 Å². The topological polar surface area (TPSA) is 54.5 Å². The number of rotatable bonds is 2. The summed E-state index contributed by atoms with van der Waals surface area (Å²) >= 11 is 1.74. The molecule has 0 spiro atoms. The number of ether oxygens (including phenoxy) is 1. The molecule has 1 aromatic heterocycles. The molecule has 1 saturated heterocycles. The highest BCUT2D eigenvalue weighted by Crippen LogP contribution is 2.33. The highest BCUT2D eigenvalue weighted by atomic mass is 32.1. The molecule has 1 unspecified atom stereocenters. The summed E-state index contributed by atoms with van der Waals surface area (Å²) in [7, 11) is 0. The largest absolute Gasteiger partial charge is 0.444 e. The summed E-state index contributed by atoms with van der Waals surface area (Å²) in [4.78, 5) is 18.9. The highest BCUT2D eigenvalue weighted by molar-refractivity contribution is 7.19. The lowest BCUT2D eigenvalue weighted by Gasteiger charge is -2.29. The third-order valence-electron chi connectivity index (χ3n) is 5.61. The predicted octanol–water partition coefficient (Wildman–Crippen LogP) is 5.38. The Morgan fingerprint density at radius 3 is 2.79 bits per heavy atom. The number of aromatic nitrogens is 1. The lowest BCUT2D eigenvalue weighted by molar-refractivity contribution is 0.0270. The van der Waals surface area contributed by atoms with Gasteiger partial charge in [0.2, 0.25) is 0 Å². The van der Waals surface area contributed by atoms with Crippen LogP contribution in [0.2, 0.25) is 0 Å². The Morgan fingerprint density at radius 2 is 2.14 bits per heavy atom. The molecule has 2 atom stereocenters. The number of fused-ring (bicyclic) bond motifs is 1. The third kappa shape index (κ3) is 4.81. The van der Waals surface area contributed by atoms with E-state index < -0.39 is 5.60 Å². The molecular formula is C23H31N3O2S. The number of amides is 1. The first-order chi connectivity index (χ1) is 13.8. The van der Waals surface area contributed by atoms with E-state index in [2.05, 4.69) is 36.5 Å². The van der Waals surface area contributed by atoms with Gasteiger partial charge in [-0.1, -0.05) is 19.1 Å². The van der Waals surface area contributed by atoms with Gasteiger partial charge in [0, 0.05) is 19.1 Å². The number of hydrogen-bond acceptors (Lipinski definition) is 5. The van der Waals surface area contributed by atoms with E-state index in [1.807, 2.05) is 20.8 Å². The number of nitrogens with one attached hydrogen (secondary N) is 1. The number of nitrogens with zero attached hydrogens (tertiary/aromatic N) is 2.